The number of hydrogen-bond acceptors (Lipinski definition) is 4. The van der Waals surface area contributed by atoms with Gasteiger partial charge in [-0.1, -0.05) is 0 Å². The first-order valence-electron chi connectivity index (χ1n) is 8.62. The number of ether oxygens (including phenoxy) is 1. The molecule has 1 amide bonds. The van der Waals surface area contributed by atoms with E-state index in [1.165, 1.54) is 18.5 Å². The summed E-state index contributed by atoms with van der Waals surface area (Å²) in [7, 11) is 0. The standard InChI is InChI=1S/C17H28N4O2/c1-17(2,3)23-16(22)20-7-6-13(11-20)8-18-9-15-10-19-12-21(15)14-4-5-14/h10,12-14,18H,4-9,11H2,1-3H3. The van der Waals surface area contributed by atoms with Crippen molar-refractivity contribution in [1.82, 2.24) is 19.8 Å². The number of carbonyl (C=O) groups excluding carboxylic acids is 1. The molecule has 2 heterocycles. The number of amides is 1. The van der Waals surface area contributed by atoms with Crippen molar-refractivity contribution in [2.45, 2.75) is 58.2 Å². The Labute approximate surface area is 138 Å². The zero-order chi connectivity index (χ0) is 16.4. The molecule has 1 N–H and O–H groups in total. The van der Waals surface area contributed by atoms with Crippen molar-refractivity contribution in [2.75, 3.05) is 19.6 Å². The molecule has 23 heavy (non-hydrogen) atoms. The third-order valence-corrected chi connectivity index (χ3v) is 4.36. The molecule has 128 valence electrons. The summed E-state index contributed by atoms with van der Waals surface area (Å²) in [5.41, 5.74) is 0.837. The molecule has 1 aromatic rings. The quantitative estimate of drug-likeness (QED) is 0.906. The zero-order valence-corrected chi connectivity index (χ0v) is 14.4. The second-order valence-corrected chi connectivity index (χ2v) is 7.74. The van der Waals surface area contributed by atoms with Crippen LogP contribution < -0.4 is 5.32 Å². The molecule has 1 aliphatic heterocycles. The second-order valence-electron chi connectivity index (χ2n) is 7.74. The van der Waals surface area contributed by atoms with Gasteiger partial charge in [0.05, 0.1) is 12.0 Å². The van der Waals surface area contributed by atoms with E-state index in [-0.39, 0.29) is 6.09 Å². The SMILES string of the molecule is CC(C)(C)OC(=O)N1CCC(CNCc2cncn2C2CC2)C1. The fourth-order valence-corrected chi connectivity index (χ4v) is 3.05. The molecular formula is C17H28N4O2. The van der Waals surface area contributed by atoms with Gasteiger partial charge >= 0.3 is 6.09 Å². The minimum atomic E-state index is -0.422. The Morgan fingerprint density at radius 2 is 2.17 bits per heavy atom. The van der Waals surface area contributed by atoms with Gasteiger partial charge in [0.1, 0.15) is 5.60 Å². The van der Waals surface area contributed by atoms with Gasteiger partial charge in [-0.25, -0.2) is 9.78 Å². The van der Waals surface area contributed by atoms with Gasteiger partial charge in [-0.3, -0.25) is 0 Å². The van der Waals surface area contributed by atoms with Crippen LogP contribution in [0.25, 0.3) is 0 Å². The van der Waals surface area contributed by atoms with Crippen LogP contribution in [0.2, 0.25) is 0 Å². The maximum atomic E-state index is 12.1. The molecular weight excluding hydrogens is 292 g/mol. The van der Waals surface area contributed by atoms with Crippen LogP contribution in [-0.4, -0.2) is 45.8 Å². The maximum Gasteiger partial charge on any atom is 0.410 e. The van der Waals surface area contributed by atoms with Crippen LogP contribution in [0.4, 0.5) is 4.79 Å². The number of imidazole rings is 1. The van der Waals surface area contributed by atoms with Crippen molar-refractivity contribution in [3.63, 3.8) is 0 Å². The Kier molecular flexibility index (Phi) is 4.62. The first kappa shape index (κ1) is 16.3. The van der Waals surface area contributed by atoms with Gasteiger partial charge in [0.2, 0.25) is 0 Å². The molecule has 0 aromatic carbocycles. The summed E-state index contributed by atoms with van der Waals surface area (Å²) in [6, 6.07) is 0.670. The number of nitrogens with zero attached hydrogens (tertiary/aromatic N) is 3. The van der Waals surface area contributed by atoms with E-state index in [4.69, 9.17) is 4.74 Å². The van der Waals surface area contributed by atoms with Crippen LogP contribution in [0.1, 0.15) is 51.8 Å². The summed E-state index contributed by atoms with van der Waals surface area (Å²) in [6.07, 6.45) is 7.29. The fraction of sp³-hybridized carbons (Fsp3) is 0.765. The average Bonchev–Trinajstić information content (AvgIpc) is 3.00. The maximum absolute atomic E-state index is 12.1. The number of likely N-dealkylation sites (tertiary alicyclic amines) is 1. The fourth-order valence-electron chi connectivity index (χ4n) is 3.05. The largest absolute Gasteiger partial charge is 0.444 e. The molecule has 1 unspecified atom stereocenters. The lowest BCUT2D eigenvalue weighted by Gasteiger charge is -2.24. The molecule has 3 rings (SSSR count). The lowest BCUT2D eigenvalue weighted by atomic mass is 10.1. The van der Waals surface area contributed by atoms with E-state index in [0.29, 0.717) is 12.0 Å². The van der Waals surface area contributed by atoms with Crippen molar-refractivity contribution in [3.8, 4) is 0 Å². The Morgan fingerprint density at radius 3 is 2.87 bits per heavy atom. The van der Waals surface area contributed by atoms with E-state index in [1.807, 2.05) is 38.2 Å². The van der Waals surface area contributed by atoms with E-state index in [9.17, 15) is 4.79 Å². The van der Waals surface area contributed by atoms with Crippen LogP contribution in [-0.2, 0) is 11.3 Å². The van der Waals surface area contributed by atoms with Crippen molar-refractivity contribution >= 4 is 6.09 Å². The number of hydrogen-bond donors (Lipinski definition) is 1. The second kappa shape index (κ2) is 6.51. The van der Waals surface area contributed by atoms with Gasteiger partial charge < -0.3 is 19.5 Å². The highest BCUT2D eigenvalue weighted by Crippen LogP contribution is 2.35. The monoisotopic (exact) mass is 320 g/mol. The van der Waals surface area contributed by atoms with Crippen molar-refractivity contribution in [1.29, 1.82) is 0 Å². The van der Waals surface area contributed by atoms with Crippen LogP contribution in [0.3, 0.4) is 0 Å². The van der Waals surface area contributed by atoms with Crippen molar-refractivity contribution in [2.24, 2.45) is 5.92 Å². The number of nitrogens with one attached hydrogen (secondary N) is 1. The molecule has 6 nitrogen and oxygen atoms in total. The van der Waals surface area contributed by atoms with E-state index in [2.05, 4.69) is 14.9 Å². The number of aromatic nitrogens is 2. The van der Waals surface area contributed by atoms with Crippen molar-refractivity contribution < 1.29 is 9.53 Å². The van der Waals surface area contributed by atoms with Crippen LogP contribution >= 0.6 is 0 Å². The summed E-state index contributed by atoms with van der Waals surface area (Å²) < 4.78 is 7.72. The van der Waals surface area contributed by atoms with Gasteiger partial charge in [0.15, 0.2) is 0 Å². The molecule has 0 radical (unpaired) electrons. The highest BCUT2D eigenvalue weighted by Gasteiger charge is 2.29. The van der Waals surface area contributed by atoms with Gasteiger partial charge in [0.25, 0.3) is 0 Å². The predicted octanol–water partition coefficient (Wildman–Crippen LogP) is 2.56. The van der Waals surface area contributed by atoms with Gasteiger partial charge in [-0.05, 0) is 46.0 Å². The summed E-state index contributed by atoms with van der Waals surface area (Å²) in [6.45, 7) is 9.06. The van der Waals surface area contributed by atoms with Gasteiger partial charge in [0, 0.05) is 38.4 Å². The summed E-state index contributed by atoms with van der Waals surface area (Å²) in [4.78, 5) is 18.1. The molecule has 1 aromatic heterocycles. The minimum Gasteiger partial charge on any atom is -0.444 e. The van der Waals surface area contributed by atoms with Gasteiger partial charge in [-0.15, -0.1) is 0 Å². The summed E-state index contributed by atoms with van der Waals surface area (Å²) in [5.74, 6) is 0.500. The van der Waals surface area contributed by atoms with E-state index >= 15 is 0 Å². The van der Waals surface area contributed by atoms with E-state index in [1.54, 1.807) is 0 Å². The Bertz CT molecular complexity index is 545. The van der Waals surface area contributed by atoms with E-state index in [0.717, 1.165) is 32.6 Å². The van der Waals surface area contributed by atoms with Crippen LogP contribution in [0.15, 0.2) is 12.5 Å². The number of carbonyl (C=O) groups is 1. The topological polar surface area (TPSA) is 59.4 Å². The summed E-state index contributed by atoms with van der Waals surface area (Å²) in [5, 5.41) is 3.52. The Balaban J connectivity index is 1.40. The third kappa shape index (κ3) is 4.47. The van der Waals surface area contributed by atoms with Crippen LogP contribution in [0, 0.1) is 5.92 Å². The lowest BCUT2D eigenvalue weighted by Crippen LogP contribution is -2.36. The molecule has 2 aliphatic rings. The predicted molar refractivity (Wildman–Crippen MR) is 88.1 cm³/mol. The third-order valence-electron chi connectivity index (χ3n) is 4.36. The Hall–Kier alpha value is -1.56. The van der Waals surface area contributed by atoms with Crippen molar-refractivity contribution in [3.05, 3.63) is 18.2 Å². The normalized spacial score (nSPS) is 21.7. The first-order chi connectivity index (χ1) is 10.9. The average molecular weight is 320 g/mol. The molecule has 1 atom stereocenters. The molecule has 1 aliphatic carbocycles. The first-order valence-corrected chi connectivity index (χ1v) is 8.62. The summed E-state index contributed by atoms with van der Waals surface area (Å²) >= 11 is 0. The molecule has 1 saturated carbocycles. The Morgan fingerprint density at radius 1 is 1.39 bits per heavy atom. The molecule has 0 bridgehead atoms. The number of rotatable bonds is 5. The minimum absolute atomic E-state index is 0.188. The van der Waals surface area contributed by atoms with E-state index < -0.39 is 5.60 Å². The molecule has 6 heteroatoms. The molecule has 0 spiro atoms. The molecule has 1 saturated heterocycles. The smallest absolute Gasteiger partial charge is 0.410 e. The highest BCUT2D eigenvalue weighted by molar-refractivity contribution is 5.68. The van der Waals surface area contributed by atoms with Gasteiger partial charge in [-0.2, -0.15) is 0 Å². The lowest BCUT2D eigenvalue weighted by molar-refractivity contribution is 0.0288. The molecule has 2 fully saturated rings. The zero-order valence-electron chi connectivity index (χ0n) is 14.4. The highest BCUT2D eigenvalue weighted by atomic mass is 16.6. The van der Waals surface area contributed by atoms with Crippen LogP contribution in [0.5, 0.6) is 0 Å².